The summed E-state index contributed by atoms with van der Waals surface area (Å²) in [7, 11) is 0. The molecule has 3 N–H and O–H groups in total. The second kappa shape index (κ2) is 7.60. The van der Waals surface area contributed by atoms with Crippen molar-refractivity contribution in [2.24, 2.45) is 5.73 Å². The van der Waals surface area contributed by atoms with Crippen LogP contribution in [0.5, 0.6) is 0 Å². The summed E-state index contributed by atoms with van der Waals surface area (Å²) in [5.41, 5.74) is 5.56. The van der Waals surface area contributed by atoms with E-state index in [1.165, 1.54) is 0 Å². The van der Waals surface area contributed by atoms with Crippen LogP contribution in [0.3, 0.4) is 0 Å². The molecule has 5 heteroatoms. The summed E-state index contributed by atoms with van der Waals surface area (Å²) in [6.45, 7) is 4.25. The van der Waals surface area contributed by atoms with Gasteiger partial charge in [0.25, 0.3) is 0 Å². The molecule has 0 radical (unpaired) electrons. The predicted molar refractivity (Wildman–Crippen MR) is 61.3 cm³/mol. The summed E-state index contributed by atoms with van der Waals surface area (Å²) in [6.07, 6.45) is 3.28. The van der Waals surface area contributed by atoms with Crippen molar-refractivity contribution in [3.8, 4) is 0 Å². The minimum absolute atomic E-state index is 0.174. The molecule has 94 valence electrons. The lowest BCUT2D eigenvalue weighted by Crippen LogP contribution is -2.45. The molecular weight excluding hydrogens is 208 g/mol. The van der Waals surface area contributed by atoms with Gasteiger partial charge in [-0.25, -0.2) is 0 Å². The average Bonchev–Trinajstić information content (AvgIpc) is 2.28. The maximum Gasteiger partial charge on any atom is 0.303 e. The fourth-order valence-electron chi connectivity index (χ4n) is 1.91. The quantitative estimate of drug-likeness (QED) is 0.615. The first-order chi connectivity index (χ1) is 7.72. The van der Waals surface area contributed by atoms with Crippen molar-refractivity contribution in [3.05, 3.63) is 0 Å². The first kappa shape index (κ1) is 13.4. The van der Waals surface area contributed by atoms with E-state index in [4.69, 9.17) is 15.6 Å². The number of carboxylic acid groups (broad SMARTS) is 1. The summed E-state index contributed by atoms with van der Waals surface area (Å²) in [4.78, 5) is 12.7. The molecule has 1 atom stereocenters. The minimum Gasteiger partial charge on any atom is -0.481 e. The number of ether oxygens (including phenoxy) is 1. The zero-order valence-corrected chi connectivity index (χ0v) is 9.73. The predicted octanol–water partition coefficient (Wildman–Crippen LogP) is 0.291. The van der Waals surface area contributed by atoms with E-state index in [-0.39, 0.29) is 12.5 Å². The Hall–Kier alpha value is -0.650. The maximum atomic E-state index is 10.3. The van der Waals surface area contributed by atoms with Gasteiger partial charge in [-0.2, -0.15) is 0 Å². The normalized spacial score (nSPS) is 22.2. The highest BCUT2D eigenvalue weighted by atomic mass is 16.5. The largest absolute Gasteiger partial charge is 0.481 e. The van der Waals surface area contributed by atoms with Gasteiger partial charge in [-0.3, -0.25) is 9.69 Å². The van der Waals surface area contributed by atoms with Gasteiger partial charge < -0.3 is 15.6 Å². The molecule has 16 heavy (non-hydrogen) atoms. The van der Waals surface area contributed by atoms with Crippen LogP contribution in [0.15, 0.2) is 0 Å². The lowest BCUT2D eigenvalue weighted by atomic mass is 10.1. The number of nitrogens with two attached hydrogens (primary N) is 1. The van der Waals surface area contributed by atoms with Crippen molar-refractivity contribution in [3.63, 3.8) is 0 Å². The molecule has 0 aliphatic carbocycles. The first-order valence-corrected chi connectivity index (χ1v) is 5.98. The molecule has 1 heterocycles. The third-order valence-corrected chi connectivity index (χ3v) is 2.85. The van der Waals surface area contributed by atoms with Crippen molar-refractivity contribution in [1.29, 1.82) is 0 Å². The summed E-state index contributed by atoms with van der Waals surface area (Å²) in [6, 6.07) is 0. The number of hydrogen-bond donors (Lipinski definition) is 2. The van der Waals surface area contributed by atoms with Crippen molar-refractivity contribution in [2.45, 2.75) is 31.8 Å². The molecular formula is C11H22N2O3. The smallest absolute Gasteiger partial charge is 0.303 e. The molecule has 0 saturated carbocycles. The Morgan fingerprint density at radius 1 is 1.44 bits per heavy atom. The second-order valence-corrected chi connectivity index (χ2v) is 4.23. The number of carboxylic acids is 1. The standard InChI is InChI=1S/C11H22N2O3/c12-8-10-9-13(6-7-16-10)5-3-1-2-4-11(14)15/h10H,1-9,12H2,(H,14,15). The highest BCUT2D eigenvalue weighted by Gasteiger charge is 2.18. The zero-order valence-electron chi connectivity index (χ0n) is 9.73. The molecule has 1 fully saturated rings. The monoisotopic (exact) mass is 230 g/mol. The van der Waals surface area contributed by atoms with Crippen LogP contribution in [-0.2, 0) is 9.53 Å². The molecule has 1 rings (SSSR count). The third kappa shape index (κ3) is 5.44. The molecule has 0 bridgehead atoms. The molecule has 1 aliphatic heterocycles. The summed E-state index contributed by atoms with van der Waals surface area (Å²) >= 11 is 0. The van der Waals surface area contributed by atoms with Gasteiger partial charge in [-0.05, 0) is 19.4 Å². The van der Waals surface area contributed by atoms with Crippen molar-refractivity contribution < 1.29 is 14.6 Å². The first-order valence-electron chi connectivity index (χ1n) is 5.98. The van der Waals surface area contributed by atoms with Crippen LogP contribution in [0.1, 0.15) is 25.7 Å². The molecule has 0 spiro atoms. The van der Waals surface area contributed by atoms with E-state index >= 15 is 0 Å². The lowest BCUT2D eigenvalue weighted by Gasteiger charge is -2.32. The molecule has 0 aromatic rings. The molecule has 5 nitrogen and oxygen atoms in total. The van der Waals surface area contributed by atoms with E-state index in [2.05, 4.69) is 4.90 Å². The van der Waals surface area contributed by atoms with Crippen LogP contribution < -0.4 is 5.73 Å². The van der Waals surface area contributed by atoms with Gasteiger partial charge in [0.2, 0.25) is 0 Å². The summed E-state index contributed by atoms with van der Waals surface area (Å²) in [5.74, 6) is -0.699. The summed E-state index contributed by atoms with van der Waals surface area (Å²) < 4.78 is 5.47. The van der Waals surface area contributed by atoms with Crippen LogP contribution in [-0.4, -0.2) is 54.9 Å². The summed E-state index contributed by atoms with van der Waals surface area (Å²) in [5, 5.41) is 8.49. The van der Waals surface area contributed by atoms with E-state index in [1.54, 1.807) is 0 Å². The van der Waals surface area contributed by atoms with Gasteiger partial charge in [-0.1, -0.05) is 6.42 Å². The highest BCUT2D eigenvalue weighted by Crippen LogP contribution is 2.07. The highest BCUT2D eigenvalue weighted by molar-refractivity contribution is 5.66. The fraction of sp³-hybridized carbons (Fsp3) is 0.909. The lowest BCUT2D eigenvalue weighted by molar-refractivity contribution is -0.137. The topological polar surface area (TPSA) is 75.8 Å². The number of nitrogens with zero attached hydrogens (tertiary/aromatic N) is 1. The Morgan fingerprint density at radius 2 is 2.25 bits per heavy atom. The Balaban J connectivity index is 2.01. The number of morpholine rings is 1. The van der Waals surface area contributed by atoms with E-state index in [1.807, 2.05) is 0 Å². The van der Waals surface area contributed by atoms with Crippen molar-refractivity contribution >= 4 is 5.97 Å². The van der Waals surface area contributed by atoms with Gasteiger partial charge in [0.1, 0.15) is 0 Å². The van der Waals surface area contributed by atoms with E-state index in [9.17, 15) is 4.79 Å². The van der Waals surface area contributed by atoms with E-state index in [0.717, 1.165) is 45.5 Å². The van der Waals surface area contributed by atoms with Gasteiger partial charge in [-0.15, -0.1) is 0 Å². The van der Waals surface area contributed by atoms with Gasteiger partial charge in [0.05, 0.1) is 12.7 Å². The number of hydrogen-bond acceptors (Lipinski definition) is 4. The van der Waals surface area contributed by atoms with Gasteiger partial charge in [0.15, 0.2) is 0 Å². The number of unbranched alkanes of at least 4 members (excludes halogenated alkanes) is 2. The van der Waals surface area contributed by atoms with Crippen LogP contribution in [0.25, 0.3) is 0 Å². The number of carbonyl (C=O) groups is 1. The fourth-order valence-corrected chi connectivity index (χ4v) is 1.91. The average molecular weight is 230 g/mol. The Labute approximate surface area is 96.6 Å². The molecule has 0 aromatic carbocycles. The molecule has 1 saturated heterocycles. The Bertz CT molecular complexity index is 211. The minimum atomic E-state index is -0.699. The number of rotatable bonds is 7. The van der Waals surface area contributed by atoms with Crippen LogP contribution in [0.4, 0.5) is 0 Å². The Kier molecular flexibility index (Phi) is 6.37. The molecule has 1 aliphatic rings. The van der Waals surface area contributed by atoms with E-state index < -0.39 is 5.97 Å². The molecule has 1 unspecified atom stereocenters. The van der Waals surface area contributed by atoms with Crippen LogP contribution >= 0.6 is 0 Å². The Morgan fingerprint density at radius 3 is 2.94 bits per heavy atom. The van der Waals surface area contributed by atoms with Gasteiger partial charge in [0, 0.05) is 26.1 Å². The van der Waals surface area contributed by atoms with Crippen LogP contribution in [0, 0.1) is 0 Å². The molecule has 0 amide bonds. The number of aliphatic carboxylic acids is 1. The SMILES string of the molecule is NCC1CN(CCCCCC(=O)O)CCO1. The third-order valence-electron chi connectivity index (χ3n) is 2.85. The van der Waals surface area contributed by atoms with Gasteiger partial charge >= 0.3 is 5.97 Å². The molecule has 0 aromatic heterocycles. The zero-order chi connectivity index (χ0) is 11.8. The maximum absolute atomic E-state index is 10.3. The van der Waals surface area contributed by atoms with Crippen molar-refractivity contribution in [2.75, 3.05) is 32.8 Å². The van der Waals surface area contributed by atoms with Crippen molar-refractivity contribution in [1.82, 2.24) is 4.90 Å². The van der Waals surface area contributed by atoms with Crippen LogP contribution in [0.2, 0.25) is 0 Å². The second-order valence-electron chi connectivity index (χ2n) is 4.23. The van der Waals surface area contributed by atoms with E-state index in [0.29, 0.717) is 6.54 Å².